The molecule has 0 radical (unpaired) electrons. The molecular formula is C16H13IO4S. The van der Waals surface area contributed by atoms with E-state index in [9.17, 15) is 9.90 Å². The lowest BCUT2D eigenvalue weighted by molar-refractivity contribution is 0.0541. The lowest BCUT2D eigenvalue weighted by atomic mass is 10.2. The molecule has 0 saturated carbocycles. The minimum Gasteiger partial charge on any atom is -0.489 e. The molecule has 0 aliphatic carbocycles. The largest absolute Gasteiger partial charge is 0.489 e. The minimum atomic E-state index is -0.938. The van der Waals surface area contributed by atoms with Gasteiger partial charge in [0.2, 0.25) is 0 Å². The van der Waals surface area contributed by atoms with E-state index in [1.807, 2.05) is 30.3 Å². The lowest BCUT2D eigenvalue weighted by Crippen LogP contribution is -2.21. The Morgan fingerprint density at radius 3 is 2.77 bits per heavy atom. The zero-order chi connectivity index (χ0) is 15.7. The summed E-state index contributed by atoms with van der Waals surface area (Å²) in [5, 5.41) is 19.7. The van der Waals surface area contributed by atoms with Gasteiger partial charge in [0.1, 0.15) is 18.5 Å². The second kappa shape index (κ2) is 6.49. The van der Waals surface area contributed by atoms with E-state index in [0.29, 0.717) is 16.5 Å². The number of benzene rings is 2. The second-order valence-corrected chi connectivity index (χ2v) is 7.04. The number of aliphatic hydroxyl groups excluding tert-OH is 2. The van der Waals surface area contributed by atoms with E-state index in [1.54, 1.807) is 6.07 Å². The van der Waals surface area contributed by atoms with Crippen LogP contribution in [0.1, 0.15) is 0 Å². The Morgan fingerprint density at radius 1 is 1.23 bits per heavy atom. The molecule has 1 aromatic heterocycles. The molecule has 0 aliphatic heterocycles. The van der Waals surface area contributed by atoms with Crippen LogP contribution in [-0.2, 0) is 0 Å². The number of fused-ring (bicyclic) bond motifs is 2. The predicted octanol–water partition coefficient (Wildman–Crippen LogP) is 2.75. The van der Waals surface area contributed by atoms with E-state index in [4.69, 9.17) is 9.84 Å². The van der Waals surface area contributed by atoms with Crippen LogP contribution in [0, 0.1) is 3.57 Å². The number of halogens is 1. The first-order valence-corrected chi connectivity index (χ1v) is 8.57. The second-order valence-electron chi connectivity index (χ2n) is 4.82. The van der Waals surface area contributed by atoms with E-state index < -0.39 is 6.10 Å². The fraction of sp³-hybridized carbons (Fsp3) is 0.188. The molecule has 1 heterocycles. The molecule has 1 unspecified atom stereocenters. The molecule has 6 heteroatoms. The van der Waals surface area contributed by atoms with Crippen LogP contribution in [0.3, 0.4) is 0 Å². The van der Waals surface area contributed by atoms with E-state index in [-0.39, 0.29) is 18.6 Å². The molecule has 0 saturated heterocycles. The van der Waals surface area contributed by atoms with Gasteiger partial charge in [-0.3, -0.25) is 4.79 Å². The quantitative estimate of drug-likeness (QED) is 0.496. The van der Waals surface area contributed by atoms with Crippen LogP contribution in [0.5, 0.6) is 5.75 Å². The maximum atomic E-state index is 12.7. The molecule has 0 amide bonds. The summed E-state index contributed by atoms with van der Waals surface area (Å²) in [5.74, 6) is 0.552. The molecule has 3 aromatic rings. The summed E-state index contributed by atoms with van der Waals surface area (Å²) in [6, 6.07) is 11.1. The van der Waals surface area contributed by atoms with Crippen molar-refractivity contribution in [3.63, 3.8) is 0 Å². The van der Waals surface area contributed by atoms with E-state index in [1.165, 1.54) is 11.3 Å². The summed E-state index contributed by atoms with van der Waals surface area (Å²) in [5.41, 5.74) is -0.0121. The van der Waals surface area contributed by atoms with Gasteiger partial charge in [0.05, 0.1) is 16.7 Å². The first-order valence-electron chi connectivity index (χ1n) is 6.67. The molecule has 114 valence electrons. The molecule has 3 rings (SSSR count). The Kier molecular flexibility index (Phi) is 4.62. The van der Waals surface area contributed by atoms with Crippen LogP contribution < -0.4 is 10.2 Å². The van der Waals surface area contributed by atoms with Gasteiger partial charge >= 0.3 is 0 Å². The Labute approximate surface area is 144 Å². The molecular weight excluding hydrogens is 415 g/mol. The third kappa shape index (κ3) is 2.83. The summed E-state index contributed by atoms with van der Waals surface area (Å²) in [7, 11) is 0. The topological polar surface area (TPSA) is 66.8 Å². The standard InChI is InChI=1S/C16H13IO4S/c17-11-5-6-12(21-8-9(19)7-18)16-14(11)15(20)10-3-1-2-4-13(10)22-16/h1-6,9,18-19H,7-8H2. The number of hydrogen-bond acceptors (Lipinski definition) is 5. The fourth-order valence-corrected chi connectivity index (χ4v) is 4.24. The average molecular weight is 428 g/mol. The fourth-order valence-electron chi connectivity index (χ4n) is 2.19. The smallest absolute Gasteiger partial charge is 0.197 e. The highest BCUT2D eigenvalue weighted by molar-refractivity contribution is 14.1. The normalized spacial score (nSPS) is 12.7. The zero-order valence-electron chi connectivity index (χ0n) is 11.5. The maximum Gasteiger partial charge on any atom is 0.197 e. The van der Waals surface area contributed by atoms with Crippen LogP contribution in [-0.4, -0.2) is 29.5 Å². The molecule has 0 fully saturated rings. The van der Waals surface area contributed by atoms with E-state index in [0.717, 1.165) is 13.0 Å². The highest BCUT2D eigenvalue weighted by Crippen LogP contribution is 2.34. The van der Waals surface area contributed by atoms with Crippen molar-refractivity contribution in [2.45, 2.75) is 6.10 Å². The first kappa shape index (κ1) is 15.7. The summed E-state index contributed by atoms with van der Waals surface area (Å²) in [6.45, 7) is -0.374. The van der Waals surface area contributed by atoms with Crippen molar-refractivity contribution in [2.75, 3.05) is 13.2 Å². The van der Waals surface area contributed by atoms with Gasteiger partial charge in [0, 0.05) is 13.7 Å². The van der Waals surface area contributed by atoms with Gasteiger partial charge in [-0.05, 0) is 46.9 Å². The lowest BCUT2D eigenvalue weighted by Gasteiger charge is -2.12. The van der Waals surface area contributed by atoms with Crippen LogP contribution in [0.25, 0.3) is 20.2 Å². The summed E-state index contributed by atoms with van der Waals surface area (Å²) >= 11 is 3.64. The molecule has 0 bridgehead atoms. The van der Waals surface area contributed by atoms with Gasteiger partial charge in [0.15, 0.2) is 5.43 Å². The Balaban J connectivity index is 2.23. The monoisotopic (exact) mass is 428 g/mol. The average Bonchev–Trinajstić information content (AvgIpc) is 2.54. The van der Waals surface area contributed by atoms with Gasteiger partial charge in [-0.15, -0.1) is 11.3 Å². The molecule has 2 aromatic carbocycles. The van der Waals surface area contributed by atoms with Crippen LogP contribution in [0.2, 0.25) is 0 Å². The van der Waals surface area contributed by atoms with Crippen molar-refractivity contribution < 1.29 is 14.9 Å². The number of rotatable bonds is 4. The Bertz CT molecular complexity index is 890. The molecule has 1 atom stereocenters. The van der Waals surface area contributed by atoms with Crippen LogP contribution in [0.15, 0.2) is 41.2 Å². The van der Waals surface area contributed by atoms with Crippen LogP contribution >= 0.6 is 33.9 Å². The third-order valence-electron chi connectivity index (χ3n) is 3.28. The minimum absolute atomic E-state index is 0.0121. The molecule has 2 N–H and O–H groups in total. The maximum absolute atomic E-state index is 12.7. The predicted molar refractivity (Wildman–Crippen MR) is 96.9 cm³/mol. The van der Waals surface area contributed by atoms with Crippen LogP contribution in [0.4, 0.5) is 0 Å². The van der Waals surface area contributed by atoms with Crippen molar-refractivity contribution in [3.8, 4) is 5.75 Å². The summed E-state index contributed by atoms with van der Waals surface area (Å²) < 4.78 is 8.12. The summed E-state index contributed by atoms with van der Waals surface area (Å²) in [4.78, 5) is 12.7. The van der Waals surface area contributed by atoms with Gasteiger partial charge in [-0.2, -0.15) is 0 Å². The molecule has 22 heavy (non-hydrogen) atoms. The summed E-state index contributed by atoms with van der Waals surface area (Å²) in [6.07, 6.45) is -0.938. The Hall–Kier alpha value is -1.22. The third-order valence-corrected chi connectivity index (χ3v) is 5.37. The molecule has 4 nitrogen and oxygen atoms in total. The SMILES string of the molecule is O=c1c2ccccc2sc2c(OCC(O)CO)ccc(I)c12. The zero-order valence-corrected chi connectivity index (χ0v) is 14.4. The number of hydrogen-bond donors (Lipinski definition) is 2. The number of aliphatic hydroxyl groups is 2. The highest BCUT2D eigenvalue weighted by Gasteiger charge is 2.14. The molecule has 0 spiro atoms. The van der Waals surface area contributed by atoms with Gasteiger partial charge in [-0.25, -0.2) is 0 Å². The highest BCUT2D eigenvalue weighted by atomic mass is 127. The van der Waals surface area contributed by atoms with Gasteiger partial charge in [-0.1, -0.05) is 12.1 Å². The van der Waals surface area contributed by atoms with E-state index in [2.05, 4.69) is 22.6 Å². The van der Waals surface area contributed by atoms with Crippen molar-refractivity contribution in [3.05, 3.63) is 50.2 Å². The van der Waals surface area contributed by atoms with Crippen molar-refractivity contribution >= 4 is 54.1 Å². The van der Waals surface area contributed by atoms with Crippen molar-refractivity contribution in [1.82, 2.24) is 0 Å². The molecule has 0 aliphatic rings. The van der Waals surface area contributed by atoms with Gasteiger partial charge < -0.3 is 14.9 Å². The Morgan fingerprint density at radius 2 is 2.00 bits per heavy atom. The van der Waals surface area contributed by atoms with E-state index >= 15 is 0 Å². The number of ether oxygens (including phenoxy) is 1. The van der Waals surface area contributed by atoms with Crippen molar-refractivity contribution in [1.29, 1.82) is 0 Å². The van der Waals surface area contributed by atoms with Crippen molar-refractivity contribution in [2.24, 2.45) is 0 Å². The first-order chi connectivity index (χ1) is 10.6. The van der Waals surface area contributed by atoms with Gasteiger partial charge in [0.25, 0.3) is 0 Å².